The Morgan fingerprint density at radius 3 is 2.48 bits per heavy atom. The molecule has 0 saturated heterocycles. The van der Waals surface area contributed by atoms with Crippen LogP contribution in [0.3, 0.4) is 0 Å². The van der Waals surface area contributed by atoms with Crippen LogP contribution < -0.4 is 20.3 Å². The van der Waals surface area contributed by atoms with E-state index in [9.17, 15) is 14.0 Å². The minimum Gasteiger partial charge on any atom is -0.493 e. The predicted octanol–water partition coefficient (Wildman–Crippen LogP) is 4.77. The molecule has 0 saturated carbocycles. The van der Waals surface area contributed by atoms with Gasteiger partial charge in [0.05, 0.1) is 30.8 Å². The monoisotopic (exact) mass is 465 g/mol. The Kier molecular flexibility index (Phi) is 5.97. The molecule has 3 aromatic carbocycles. The van der Waals surface area contributed by atoms with Crippen molar-refractivity contribution in [1.29, 1.82) is 0 Å². The van der Waals surface area contributed by atoms with Gasteiger partial charge in [-0.05, 0) is 67.2 Å². The molecule has 0 aliphatic heterocycles. The van der Waals surface area contributed by atoms with E-state index in [0.29, 0.717) is 39.3 Å². The molecule has 0 bridgehead atoms. The first kappa shape index (κ1) is 22.2. The molecule has 0 atom stereocenters. The van der Waals surface area contributed by atoms with Crippen molar-refractivity contribution in [3.05, 3.63) is 86.7 Å². The van der Waals surface area contributed by atoms with Crippen LogP contribution in [0.15, 0.2) is 59.4 Å². The van der Waals surface area contributed by atoms with Gasteiger partial charge in [0, 0.05) is 17.3 Å². The molecule has 7 nitrogen and oxygen atoms in total. The lowest BCUT2D eigenvalue weighted by Gasteiger charge is -2.12. The molecule has 1 heterocycles. The van der Waals surface area contributed by atoms with E-state index in [2.05, 4.69) is 10.3 Å². The first-order valence-electron chi connectivity index (χ1n) is 9.91. The van der Waals surface area contributed by atoms with Gasteiger partial charge in [0.2, 0.25) is 0 Å². The topological polar surface area (TPSA) is 85.4 Å². The fraction of sp³-hybridized carbons (Fsp3) is 0.125. The zero-order chi connectivity index (χ0) is 23.7. The van der Waals surface area contributed by atoms with E-state index < -0.39 is 11.7 Å². The number of hydrogen-bond acceptors (Lipinski definition) is 5. The number of nitrogens with zero attached hydrogens (tertiary/aromatic N) is 1. The second-order valence-electron chi connectivity index (χ2n) is 7.29. The number of aromatic nitrogens is 2. The maximum absolute atomic E-state index is 13.8. The number of amides is 1. The molecule has 0 fully saturated rings. The largest absolute Gasteiger partial charge is 0.493 e. The molecular formula is C24H20FN3O4S. The lowest BCUT2D eigenvalue weighted by atomic mass is 10.1. The van der Waals surface area contributed by atoms with Crippen molar-refractivity contribution in [2.24, 2.45) is 0 Å². The number of benzene rings is 3. The third-order valence-electron chi connectivity index (χ3n) is 5.21. The van der Waals surface area contributed by atoms with Crippen LogP contribution >= 0.6 is 12.2 Å². The van der Waals surface area contributed by atoms with Crippen molar-refractivity contribution in [3.63, 3.8) is 0 Å². The second kappa shape index (κ2) is 8.87. The molecular weight excluding hydrogens is 445 g/mol. The number of hydrogen-bond donors (Lipinski definition) is 2. The Balaban J connectivity index is 1.73. The molecule has 33 heavy (non-hydrogen) atoms. The lowest BCUT2D eigenvalue weighted by molar-refractivity contribution is 0.102. The summed E-state index contributed by atoms with van der Waals surface area (Å²) in [7, 11) is 3.03. The van der Waals surface area contributed by atoms with Crippen molar-refractivity contribution in [2.75, 3.05) is 19.5 Å². The quantitative estimate of drug-likeness (QED) is 0.415. The van der Waals surface area contributed by atoms with Crippen LogP contribution in [0, 0.1) is 17.5 Å². The van der Waals surface area contributed by atoms with Gasteiger partial charge in [0.1, 0.15) is 5.82 Å². The first-order chi connectivity index (χ1) is 15.8. The number of aryl methyl sites for hydroxylation is 1. The zero-order valence-electron chi connectivity index (χ0n) is 18.1. The highest BCUT2D eigenvalue weighted by molar-refractivity contribution is 7.71. The van der Waals surface area contributed by atoms with Crippen molar-refractivity contribution >= 4 is 34.7 Å². The lowest BCUT2D eigenvalue weighted by Crippen LogP contribution is -2.21. The molecule has 0 aliphatic rings. The van der Waals surface area contributed by atoms with Crippen LogP contribution in [0.2, 0.25) is 0 Å². The number of nitrogens with one attached hydrogen (secondary N) is 2. The van der Waals surface area contributed by atoms with Gasteiger partial charge in [0.15, 0.2) is 16.3 Å². The van der Waals surface area contributed by atoms with Crippen LogP contribution in [0.4, 0.5) is 10.1 Å². The zero-order valence-corrected chi connectivity index (χ0v) is 18.9. The van der Waals surface area contributed by atoms with E-state index in [-0.39, 0.29) is 15.9 Å². The Bertz CT molecular complexity index is 1510. The van der Waals surface area contributed by atoms with Crippen LogP contribution in [0.5, 0.6) is 11.5 Å². The summed E-state index contributed by atoms with van der Waals surface area (Å²) in [6.45, 7) is 1.64. The summed E-state index contributed by atoms with van der Waals surface area (Å²) < 4.78 is 25.8. The number of carbonyl (C=O) groups is 1. The van der Waals surface area contributed by atoms with E-state index in [1.165, 1.54) is 37.0 Å². The average molecular weight is 466 g/mol. The molecule has 0 unspecified atom stereocenters. The average Bonchev–Trinajstić information content (AvgIpc) is 2.80. The third kappa shape index (κ3) is 4.22. The maximum atomic E-state index is 13.8. The van der Waals surface area contributed by atoms with Gasteiger partial charge >= 0.3 is 0 Å². The molecule has 0 aliphatic carbocycles. The maximum Gasteiger partial charge on any atom is 0.266 e. The molecule has 2 N–H and O–H groups in total. The number of halogens is 1. The molecule has 1 amide bonds. The summed E-state index contributed by atoms with van der Waals surface area (Å²) in [5.74, 6) is 0.125. The van der Waals surface area contributed by atoms with E-state index in [1.54, 1.807) is 43.3 Å². The Hall–Kier alpha value is -3.98. The number of H-pyrrole nitrogens is 1. The molecule has 0 radical (unpaired) electrons. The van der Waals surface area contributed by atoms with Crippen LogP contribution in [0.1, 0.15) is 15.9 Å². The molecule has 0 spiro atoms. The SMILES string of the molecule is COc1ccc(-n2c(=S)[nH]c3cc(C(=O)Nc4ccc(C)c(F)c4)ccc3c2=O)cc1OC. The van der Waals surface area contributed by atoms with Crippen molar-refractivity contribution in [2.45, 2.75) is 6.92 Å². The number of ether oxygens (including phenoxy) is 2. The predicted molar refractivity (Wildman–Crippen MR) is 127 cm³/mol. The smallest absolute Gasteiger partial charge is 0.266 e. The Morgan fingerprint density at radius 2 is 1.79 bits per heavy atom. The second-order valence-corrected chi connectivity index (χ2v) is 7.68. The number of carbonyl (C=O) groups excluding carboxylic acids is 1. The molecule has 1 aromatic heterocycles. The normalized spacial score (nSPS) is 10.8. The molecule has 168 valence electrons. The summed E-state index contributed by atoms with van der Waals surface area (Å²) in [6, 6.07) is 14.1. The number of methoxy groups -OCH3 is 2. The van der Waals surface area contributed by atoms with E-state index in [4.69, 9.17) is 21.7 Å². The third-order valence-corrected chi connectivity index (χ3v) is 5.50. The summed E-state index contributed by atoms with van der Waals surface area (Å²) >= 11 is 5.42. The number of fused-ring (bicyclic) bond motifs is 1. The van der Waals surface area contributed by atoms with Crippen LogP contribution in [-0.4, -0.2) is 29.7 Å². The first-order valence-corrected chi connectivity index (χ1v) is 10.3. The fourth-order valence-electron chi connectivity index (χ4n) is 3.43. The summed E-state index contributed by atoms with van der Waals surface area (Å²) in [5, 5.41) is 3.00. The molecule has 4 aromatic rings. The van der Waals surface area contributed by atoms with Gasteiger partial charge in [-0.1, -0.05) is 6.07 Å². The standard InChI is InChI=1S/C24H20FN3O4S/c1-13-4-6-15(11-18(13)25)26-22(29)14-5-8-17-19(10-14)27-24(33)28(23(17)30)16-7-9-20(31-2)21(12-16)32-3/h4-12H,1-3H3,(H,26,29)(H,27,33). The van der Waals surface area contributed by atoms with Gasteiger partial charge < -0.3 is 19.8 Å². The van der Waals surface area contributed by atoms with Gasteiger partial charge in [-0.15, -0.1) is 0 Å². The van der Waals surface area contributed by atoms with Crippen molar-refractivity contribution in [3.8, 4) is 17.2 Å². The minimum absolute atomic E-state index is 0.151. The highest BCUT2D eigenvalue weighted by Gasteiger charge is 2.14. The minimum atomic E-state index is -0.441. The van der Waals surface area contributed by atoms with Gasteiger partial charge in [-0.2, -0.15) is 0 Å². The number of aromatic amines is 1. The van der Waals surface area contributed by atoms with Crippen molar-refractivity contribution in [1.82, 2.24) is 9.55 Å². The van der Waals surface area contributed by atoms with Gasteiger partial charge in [0.25, 0.3) is 11.5 Å². The van der Waals surface area contributed by atoms with E-state index >= 15 is 0 Å². The van der Waals surface area contributed by atoms with Gasteiger partial charge in [-0.25, -0.2) is 4.39 Å². The number of anilines is 1. The Labute approximate surface area is 193 Å². The van der Waals surface area contributed by atoms with Crippen molar-refractivity contribution < 1.29 is 18.7 Å². The number of rotatable bonds is 5. The van der Waals surface area contributed by atoms with E-state index in [1.807, 2.05) is 0 Å². The van der Waals surface area contributed by atoms with Crippen LogP contribution in [-0.2, 0) is 0 Å². The summed E-state index contributed by atoms with van der Waals surface area (Å²) in [6.07, 6.45) is 0. The molecule has 4 rings (SSSR count). The highest BCUT2D eigenvalue weighted by Crippen LogP contribution is 2.29. The Morgan fingerprint density at radius 1 is 1.03 bits per heavy atom. The summed E-state index contributed by atoms with van der Waals surface area (Å²) in [4.78, 5) is 28.9. The highest BCUT2D eigenvalue weighted by atomic mass is 32.1. The van der Waals surface area contributed by atoms with E-state index in [0.717, 1.165) is 0 Å². The van der Waals surface area contributed by atoms with Gasteiger partial charge in [-0.3, -0.25) is 14.2 Å². The summed E-state index contributed by atoms with van der Waals surface area (Å²) in [5.41, 5.74) is 1.66. The molecule has 9 heteroatoms. The van der Waals surface area contributed by atoms with Crippen LogP contribution in [0.25, 0.3) is 16.6 Å². The fourth-order valence-corrected chi connectivity index (χ4v) is 3.73.